The molecule has 0 saturated heterocycles. The minimum Gasteiger partial charge on any atom is -0.311 e. The highest BCUT2D eigenvalue weighted by Crippen LogP contribution is 2.75. The van der Waals surface area contributed by atoms with Crippen molar-refractivity contribution in [3.63, 3.8) is 0 Å². The molecule has 0 amide bonds. The molecule has 8 unspecified atom stereocenters. The first kappa shape index (κ1) is 24.8. The maximum Gasteiger partial charge on any atom is 0.0212 e. The van der Waals surface area contributed by atoms with Gasteiger partial charge in [0.15, 0.2) is 0 Å². The maximum absolute atomic E-state index is 4.08. The molecule has 0 bridgehead atoms. The zero-order valence-electron chi connectivity index (χ0n) is 24.0. The fraction of sp³-hybridized carbons (Fsp3) is 0.882. The third-order valence-corrected chi connectivity index (χ3v) is 14.1. The molecular formula is C34H55N. The molecule has 4 fully saturated rings. The van der Waals surface area contributed by atoms with Crippen LogP contribution in [0, 0.1) is 51.8 Å². The van der Waals surface area contributed by atoms with Crippen LogP contribution in [0.2, 0.25) is 0 Å². The highest BCUT2D eigenvalue weighted by atomic mass is 15.0. The normalized spacial score (nSPS) is 53.5. The van der Waals surface area contributed by atoms with E-state index in [4.69, 9.17) is 0 Å². The van der Waals surface area contributed by atoms with Crippen LogP contribution in [0.4, 0.5) is 0 Å². The average molecular weight is 478 g/mol. The van der Waals surface area contributed by atoms with Crippen molar-refractivity contribution in [1.29, 1.82) is 0 Å². The lowest BCUT2D eigenvalue weighted by Gasteiger charge is -2.71. The average Bonchev–Trinajstić information content (AvgIpc) is 3.25. The molecular weight excluding hydrogens is 422 g/mol. The maximum atomic E-state index is 4.08. The second kappa shape index (κ2) is 8.47. The number of nitrogens with one attached hydrogen (secondary N) is 1. The molecule has 0 radical (unpaired) electrons. The van der Waals surface area contributed by atoms with Gasteiger partial charge < -0.3 is 5.32 Å². The first-order chi connectivity index (χ1) is 16.7. The monoisotopic (exact) mass is 477 g/mol. The minimum atomic E-state index is 0.478. The minimum absolute atomic E-state index is 0.478. The quantitative estimate of drug-likeness (QED) is 0.427. The molecule has 0 aliphatic heterocycles. The fourth-order valence-electron chi connectivity index (χ4n) is 12.1. The van der Waals surface area contributed by atoms with E-state index in [0.29, 0.717) is 21.8 Å². The second-order valence-electron chi connectivity index (χ2n) is 15.2. The van der Waals surface area contributed by atoms with E-state index in [9.17, 15) is 0 Å². The Hall–Kier alpha value is -0.560. The van der Waals surface area contributed by atoms with Gasteiger partial charge in [-0.3, -0.25) is 0 Å². The van der Waals surface area contributed by atoms with Crippen LogP contribution >= 0.6 is 0 Å². The lowest BCUT2D eigenvalue weighted by Crippen LogP contribution is -2.66. The van der Waals surface area contributed by atoms with Crippen LogP contribution in [0.3, 0.4) is 0 Å². The van der Waals surface area contributed by atoms with Crippen molar-refractivity contribution in [2.75, 3.05) is 6.54 Å². The number of hydrogen-bond donors (Lipinski definition) is 1. The van der Waals surface area contributed by atoms with E-state index in [2.05, 4.69) is 59.0 Å². The Kier molecular flexibility index (Phi) is 5.99. The molecule has 0 spiro atoms. The van der Waals surface area contributed by atoms with Crippen LogP contribution in [0.5, 0.6) is 0 Å². The Morgan fingerprint density at radius 2 is 1.66 bits per heavy atom. The zero-order valence-corrected chi connectivity index (χ0v) is 24.0. The summed E-state index contributed by atoms with van der Waals surface area (Å²) in [7, 11) is 0. The van der Waals surface area contributed by atoms with E-state index < -0.39 is 0 Å². The Labute approximate surface area is 217 Å². The lowest BCUT2D eigenvalue weighted by atomic mass is 9.34. The molecule has 0 aromatic heterocycles. The topological polar surface area (TPSA) is 12.0 Å². The summed E-state index contributed by atoms with van der Waals surface area (Å²) in [5.74, 6) is 5.31. The summed E-state index contributed by atoms with van der Waals surface area (Å²) in [5, 5.41) is 4.08. The molecule has 0 aromatic carbocycles. The van der Waals surface area contributed by atoms with Gasteiger partial charge in [0.1, 0.15) is 0 Å². The lowest BCUT2D eigenvalue weighted by molar-refractivity contribution is -0.212. The van der Waals surface area contributed by atoms with Crippen molar-refractivity contribution in [2.45, 2.75) is 131 Å². The molecule has 1 N–H and O–H groups in total. The van der Waals surface area contributed by atoms with E-state index in [0.717, 1.165) is 42.1 Å². The van der Waals surface area contributed by atoms with E-state index in [-0.39, 0.29) is 0 Å². The number of allylic oxidation sites excluding steroid dienone is 4. The first-order valence-electron chi connectivity index (χ1n) is 15.8. The molecule has 0 heterocycles. The number of rotatable bonds is 3. The predicted molar refractivity (Wildman–Crippen MR) is 149 cm³/mol. The van der Waals surface area contributed by atoms with E-state index >= 15 is 0 Å². The highest BCUT2D eigenvalue weighted by Gasteiger charge is 2.68. The van der Waals surface area contributed by atoms with Crippen molar-refractivity contribution >= 4 is 0 Å². The predicted octanol–water partition coefficient (Wildman–Crippen LogP) is 9.10. The van der Waals surface area contributed by atoms with Gasteiger partial charge in [-0.25, -0.2) is 0 Å². The summed E-state index contributed by atoms with van der Waals surface area (Å²) >= 11 is 0. The van der Waals surface area contributed by atoms with E-state index in [1.54, 1.807) is 11.1 Å². The Morgan fingerprint density at radius 3 is 2.40 bits per heavy atom. The third-order valence-electron chi connectivity index (χ3n) is 14.1. The smallest absolute Gasteiger partial charge is 0.0212 e. The second-order valence-corrected chi connectivity index (χ2v) is 15.2. The van der Waals surface area contributed by atoms with Gasteiger partial charge in [-0.2, -0.15) is 0 Å². The summed E-state index contributed by atoms with van der Waals surface area (Å²) in [5.41, 5.74) is 5.53. The first-order valence-corrected chi connectivity index (χ1v) is 15.8. The van der Waals surface area contributed by atoms with Gasteiger partial charge in [0, 0.05) is 5.54 Å². The van der Waals surface area contributed by atoms with Crippen LogP contribution < -0.4 is 5.32 Å². The van der Waals surface area contributed by atoms with Crippen molar-refractivity contribution in [3.05, 3.63) is 23.3 Å². The molecule has 1 heteroatoms. The van der Waals surface area contributed by atoms with Gasteiger partial charge in [0.25, 0.3) is 0 Å². The van der Waals surface area contributed by atoms with Crippen LogP contribution in [-0.4, -0.2) is 12.1 Å². The van der Waals surface area contributed by atoms with Crippen molar-refractivity contribution in [3.8, 4) is 0 Å². The van der Waals surface area contributed by atoms with Crippen LogP contribution in [-0.2, 0) is 0 Å². The van der Waals surface area contributed by atoms with Crippen LogP contribution in [0.1, 0.15) is 125 Å². The number of hydrogen-bond acceptors (Lipinski definition) is 1. The molecule has 4 saturated carbocycles. The Bertz CT molecular complexity index is 898. The standard InChI is InChI=1S/C34H55N/c1-7-35-34-18-8-9-29(34)28-14-15-30-31(4)19-16-26(25-12-10-23(2)11-13-25)24(3)27(31)17-20-33(30,6)32(28,5)21-22-34/h12,16,23-24,27-30,35H,7-11,13-15,17-22H2,1-6H3/t23?,24?,27?,28?,29-,30?,31?,32-,33?,34?/m1/s1. The van der Waals surface area contributed by atoms with Crippen molar-refractivity contribution in [1.82, 2.24) is 5.32 Å². The largest absolute Gasteiger partial charge is 0.311 e. The molecule has 35 heavy (non-hydrogen) atoms. The summed E-state index contributed by atoms with van der Waals surface area (Å²) in [6, 6.07) is 0. The summed E-state index contributed by atoms with van der Waals surface area (Å²) in [6.07, 6.45) is 24.0. The van der Waals surface area contributed by atoms with Gasteiger partial charge in [-0.15, -0.1) is 0 Å². The summed E-state index contributed by atoms with van der Waals surface area (Å²) in [4.78, 5) is 0. The van der Waals surface area contributed by atoms with E-state index in [1.165, 1.54) is 83.5 Å². The molecule has 6 aliphatic carbocycles. The Morgan fingerprint density at radius 1 is 0.829 bits per heavy atom. The highest BCUT2D eigenvalue weighted by molar-refractivity contribution is 5.37. The Balaban J connectivity index is 1.31. The summed E-state index contributed by atoms with van der Waals surface area (Å²) < 4.78 is 0. The van der Waals surface area contributed by atoms with Crippen molar-refractivity contribution in [2.24, 2.45) is 51.8 Å². The van der Waals surface area contributed by atoms with Gasteiger partial charge >= 0.3 is 0 Å². The van der Waals surface area contributed by atoms with Crippen LogP contribution in [0.15, 0.2) is 23.3 Å². The third kappa shape index (κ3) is 3.34. The molecule has 0 aromatic rings. The van der Waals surface area contributed by atoms with Gasteiger partial charge in [0.2, 0.25) is 0 Å². The zero-order chi connectivity index (χ0) is 24.6. The summed E-state index contributed by atoms with van der Waals surface area (Å²) in [6.45, 7) is 16.9. The number of fused-ring (bicyclic) bond motifs is 7. The molecule has 1 nitrogen and oxygen atoms in total. The molecule has 196 valence electrons. The SMILES string of the molecule is CCNC12CCC[C@@H]1C1CCC3C4(C)CC=C(C5=CCC(C)CC5)C(C)C4CCC3(C)[C@]1(C)CC2. The molecule has 10 atom stereocenters. The van der Waals surface area contributed by atoms with Crippen LogP contribution in [0.25, 0.3) is 0 Å². The molecule has 6 aliphatic rings. The van der Waals surface area contributed by atoms with Gasteiger partial charge in [-0.05, 0) is 146 Å². The molecule has 6 rings (SSSR count). The van der Waals surface area contributed by atoms with Gasteiger partial charge in [0.05, 0.1) is 0 Å². The van der Waals surface area contributed by atoms with Crippen molar-refractivity contribution < 1.29 is 0 Å². The fourth-order valence-corrected chi connectivity index (χ4v) is 12.1. The van der Waals surface area contributed by atoms with E-state index in [1.807, 2.05) is 0 Å². The van der Waals surface area contributed by atoms with Gasteiger partial charge in [-0.1, -0.05) is 60.1 Å².